The van der Waals surface area contributed by atoms with Crippen molar-refractivity contribution in [1.29, 1.82) is 0 Å². The number of nitrogens with one attached hydrogen (secondary N) is 1. The van der Waals surface area contributed by atoms with Crippen molar-refractivity contribution < 1.29 is 4.79 Å². The summed E-state index contributed by atoms with van der Waals surface area (Å²) < 4.78 is 5.51. The molecule has 0 aromatic carbocycles. The molecule has 4 heterocycles. The van der Waals surface area contributed by atoms with E-state index in [0.717, 1.165) is 48.7 Å². The highest BCUT2D eigenvalue weighted by Gasteiger charge is 2.25. The fourth-order valence-corrected chi connectivity index (χ4v) is 3.21. The van der Waals surface area contributed by atoms with Crippen LogP contribution < -0.4 is 5.32 Å². The van der Waals surface area contributed by atoms with Gasteiger partial charge in [0.15, 0.2) is 0 Å². The third-order valence-electron chi connectivity index (χ3n) is 4.60. The first-order chi connectivity index (χ1) is 12.1. The van der Waals surface area contributed by atoms with Crippen LogP contribution >= 0.6 is 0 Å². The Labute approximate surface area is 145 Å². The summed E-state index contributed by atoms with van der Waals surface area (Å²) in [6, 6.07) is 1.41. The Bertz CT molecular complexity index is 890. The zero-order valence-electron chi connectivity index (χ0n) is 14.4. The molecule has 3 aromatic rings. The summed E-state index contributed by atoms with van der Waals surface area (Å²) in [6.07, 6.45) is 10.3. The van der Waals surface area contributed by atoms with E-state index < -0.39 is 6.04 Å². The van der Waals surface area contributed by atoms with Gasteiger partial charge in [0.1, 0.15) is 23.4 Å². The highest BCUT2D eigenvalue weighted by Crippen LogP contribution is 2.32. The summed E-state index contributed by atoms with van der Waals surface area (Å²) >= 11 is 0. The second kappa shape index (κ2) is 6.19. The number of imidazole rings is 1. The maximum Gasteiger partial charge on any atom is 0.250 e. The number of aromatic nitrogens is 6. The number of nitrogens with zero attached hydrogens (tertiary/aromatic N) is 6. The van der Waals surface area contributed by atoms with E-state index in [1.165, 1.54) is 0 Å². The predicted octanol–water partition coefficient (Wildman–Crippen LogP) is 2.02. The van der Waals surface area contributed by atoms with Crippen LogP contribution in [0.25, 0.3) is 11.3 Å². The third kappa shape index (κ3) is 2.84. The van der Waals surface area contributed by atoms with E-state index in [-0.39, 0.29) is 5.91 Å². The van der Waals surface area contributed by atoms with Crippen LogP contribution in [0.3, 0.4) is 0 Å². The van der Waals surface area contributed by atoms with Crippen molar-refractivity contribution in [2.45, 2.75) is 38.8 Å². The van der Waals surface area contributed by atoms with Crippen molar-refractivity contribution >= 4 is 11.7 Å². The van der Waals surface area contributed by atoms with Crippen LogP contribution in [-0.2, 0) is 24.8 Å². The summed E-state index contributed by atoms with van der Waals surface area (Å²) in [4.78, 5) is 17.5. The van der Waals surface area contributed by atoms with Gasteiger partial charge in [0.05, 0.1) is 6.20 Å². The lowest BCUT2D eigenvalue weighted by atomic mass is 10.2. The maximum absolute atomic E-state index is 12.7. The lowest BCUT2D eigenvalue weighted by molar-refractivity contribution is -0.119. The molecule has 0 bridgehead atoms. The monoisotopic (exact) mass is 339 g/mol. The van der Waals surface area contributed by atoms with Gasteiger partial charge in [-0.15, -0.1) is 0 Å². The van der Waals surface area contributed by atoms with Crippen LogP contribution in [-0.4, -0.2) is 35.0 Å². The van der Waals surface area contributed by atoms with Crippen molar-refractivity contribution in [3.8, 4) is 11.3 Å². The normalized spacial score (nSPS) is 15.0. The molecule has 4 rings (SSSR count). The van der Waals surface area contributed by atoms with E-state index in [9.17, 15) is 4.79 Å². The van der Waals surface area contributed by atoms with Gasteiger partial charge in [0.25, 0.3) is 0 Å². The van der Waals surface area contributed by atoms with Gasteiger partial charge in [-0.25, -0.2) is 4.98 Å². The Balaban J connectivity index is 1.70. The second-order valence-electron chi connectivity index (χ2n) is 6.39. The molecule has 8 heteroatoms. The van der Waals surface area contributed by atoms with Gasteiger partial charge < -0.3 is 9.88 Å². The van der Waals surface area contributed by atoms with Crippen LogP contribution in [0.4, 0.5) is 5.82 Å². The standard InChI is InChI=1S/C17H21N7O/c1-12(24-9-5-7-18-24)17(25)21-16-15(13-10-19-22(2)11-13)20-14-6-3-4-8-23(14)16/h5,7,9-12H,3-4,6,8H2,1-2H3,(H,21,25). The first-order valence-electron chi connectivity index (χ1n) is 8.52. The number of hydrogen-bond acceptors (Lipinski definition) is 4. The molecule has 3 aromatic heterocycles. The number of rotatable bonds is 4. The van der Waals surface area contributed by atoms with E-state index in [4.69, 9.17) is 4.98 Å². The summed E-state index contributed by atoms with van der Waals surface area (Å²) in [5, 5.41) is 11.5. The molecule has 1 atom stereocenters. The number of carbonyl (C=O) groups excluding carboxylic acids is 1. The van der Waals surface area contributed by atoms with Gasteiger partial charge in [-0.2, -0.15) is 10.2 Å². The molecule has 1 aliphatic rings. The van der Waals surface area contributed by atoms with Crippen LogP contribution in [0.5, 0.6) is 0 Å². The molecule has 0 saturated heterocycles. The minimum Gasteiger partial charge on any atom is -0.314 e. The maximum atomic E-state index is 12.7. The Morgan fingerprint density at radius 1 is 1.32 bits per heavy atom. The average Bonchev–Trinajstić information content (AvgIpc) is 3.34. The van der Waals surface area contributed by atoms with Crippen LogP contribution in [0, 0.1) is 0 Å². The van der Waals surface area contributed by atoms with Crippen LogP contribution in [0.2, 0.25) is 0 Å². The van der Waals surface area contributed by atoms with Gasteiger partial charge in [-0.1, -0.05) is 0 Å². The molecule has 0 aliphatic carbocycles. The zero-order chi connectivity index (χ0) is 17.4. The van der Waals surface area contributed by atoms with E-state index in [1.807, 2.05) is 26.2 Å². The molecule has 0 fully saturated rings. The van der Waals surface area contributed by atoms with Crippen molar-refractivity contribution in [3.63, 3.8) is 0 Å². The Kier molecular flexibility index (Phi) is 3.87. The fourth-order valence-electron chi connectivity index (χ4n) is 3.21. The summed E-state index contributed by atoms with van der Waals surface area (Å²) in [6.45, 7) is 2.70. The molecule has 1 amide bonds. The Morgan fingerprint density at radius 2 is 2.20 bits per heavy atom. The number of aryl methyl sites for hydroxylation is 2. The predicted molar refractivity (Wildman–Crippen MR) is 92.9 cm³/mol. The Morgan fingerprint density at radius 3 is 2.92 bits per heavy atom. The SMILES string of the molecule is CC(C(=O)Nc1c(-c2cnn(C)c2)nc2n1CCCC2)n1cccn1. The molecule has 0 radical (unpaired) electrons. The largest absolute Gasteiger partial charge is 0.314 e. The molecule has 130 valence electrons. The van der Waals surface area contributed by atoms with Gasteiger partial charge >= 0.3 is 0 Å². The minimum atomic E-state index is -0.397. The van der Waals surface area contributed by atoms with Crippen molar-refractivity contribution in [2.24, 2.45) is 7.05 Å². The van der Waals surface area contributed by atoms with E-state index in [1.54, 1.807) is 28.0 Å². The molecule has 0 saturated carbocycles. The molecule has 25 heavy (non-hydrogen) atoms. The number of carbonyl (C=O) groups is 1. The summed E-state index contributed by atoms with van der Waals surface area (Å²) in [5.41, 5.74) is 1.69. The molecule has 1 N–H and O–H groups in total. The van der Waals surface area contributed by atoms with Gasteiger partial charge in [0, 0.05) is 44.2 Å². The second-order valence-corrected chi connectivity index (χ2v) is 6.39. The summed E-state index contributed by atoms with van der Waals surface area (Å²) in [7, 11) is 1.87. The smallest absolute Gasteiger partial charge is 0.250 e. The highest BCUT2D eigenvalue weighted by molar-refractivity contribution is 5.95. The van der Waals surface area contributed by atoms with Gasteiger partial charge in [0.2, 0.25) is 5.91 Å². The number of anilines is 1. The molecular weight excluding hydrogens is 318 g/mol. The molecule has 1 unspecified atom stereocenters. The van der Waals surface area contributed by atoms with Crippen LogP contribution in [0.1, 0.15) is 31.6 Å². The van der Waals surface area contributed by atoms with Crippen molar-refractivity contribution in [1.82, 2.24) is 29.1 Å². The van der Waals surface area contributed by atoms with E-state index in [2.05, 4.69) is 20.1 Å². The molecule has 0 spiro atoms. The lowest BCUT2D eigenvalue weighted by Crippen LogP contribution is -2.26. The minimum absolute atomic E-state index is 0.109. The van der Waals surface area contributed by atoms with Crippen molar-refractivity contribution in [2.75, 3.05) is 5.32 Å². The first-order valence-corrected chi connectivity index (χ1v) is 8.52. The highest BCUT2D eigenvalue weighted by atomic mass is 16.2. The zero-order valence-corrected chi connectivity index (χ0v) is 14.4. The summed E-state index contributed by atoms with van der Waals surface area (Å²) in [5.74, 6) is 1.67. The number of amides is 1. The molecule has 1 aliphatic heterocycles. The van der Waals surface area contributed by atoms with Crippen LogP contribution in [0.15, 0.2) is 30.9 Å². The quantitative estimate of drug-likeness (QED) is 0.788. The molecular formula is C17H21N7O. The lowest BCUT2D eigenvalue weighted by Gasteiger charge is -2.18. The van der Waals surface area contributed by atoms with E-state index >= 15 is 0 Å². The van der Waals surface area contributed by atoms with Crippen molar-refractivity contribution in [3.05, 3.63) is 36.7 Å². The number of fused-ring (bicyclic) bond motifs is 1. The van der Waals surface area contributed by atoms with Gasteiger partial charge in [-0.3, -0.25) is 14.2 Å². The topological polar surface area (TPSA) is 82.6 Å². The first kappa shape index (κ1) is 15.6. The number of hydrogen-bond donors (Lipinski definition) is 1. The van der Waals surface area contributed by atoms with Gasteiger partial charge in [-0.05, 0) is 25.8 Å². The third-order valence-corrected chi connectivity index (χ3v) is 4.60. The fraction of sp³-hybridized carbons (Fsp3) is 0.412. The average molecular weight is 339 g/mol. The Hall–Kier alpha value is -2.90. The molecule has 8 nitrogen and oxygen atoms in total. The van der Waals surface area contributed by atoms with E-state index in [0.29, 0.717) is 0 Å².